The second kappa shape index (κ2) is 9.11. The lowest BCUT2D eigenvalue weighted by atomic mass is 9.77. The maximum Gasteiger partial charge on any atom is 0.253 e. The number of rotatable bonds is 5. The molecule has 3 aromatic heterocycles. The summed E-state index contributed by atoms with van der Waals surface area (Å²) in [7, 11) is 0. The van der Waals surface area contributed by atoms with Crippen molar-refractivity contribution < 1.29 is 9.59 Å². The quantitative estimate of drug-likeness (QED) is 0.457. The Bertz CT molecular complexity index is 1410. The van der Waals surface area contributed by atoms with E-state index in [1.54, 1.807) is 24.5 Å². The van der Waals surface area contributed by atoms with Crippen molar-refractivity contribution in [3.8, 4) is 11.3 Å². The number of carbonyl (C=O) groups is 2. The first-order valence-corrected chi connectivity index (χ1v) is 12.4. The molecule has 2 amide bonds. The molecule has 1 spiro atoms. The molecule has 5 heterocycles. The Morgan fingerprint density at radius 1 is 1.00 bits per heavy atom. The van der Waals surface area contributed by atoms with Gasteiger partial charge in [0.1, 0.15) is 11.5 Å². The van der Waals surface area contributed by atoms with Crippen molar-refractivity contribution in [1.82, 2.24) is 25.0 Å². The van der Waals surface area contributed by atoms with Gasteiger partial charge < -0.3 is 15.5 Å². The molecular weight excluding hydrogens is 452 g/mol. The molecule has 36 heavy (non-hydrogen) atoms. The largest absolute Gasteiger partial charge is 0.358 e. The third-order valence-electron chi connectivity index (χ3n) is 7.55. The molecule has 6 rings (SSSR count). The summed E-state index contributed by atoms with van der Waals surface area (Å²) in [6.45, 7) is 2.93. The average Bonchev–Trinajstić information content (AvgIpc) is 3.52. The lowest BCUT2D eigenvalue weighted by molar-refractivity contribution is -0.128. The summed E-state index contributed by atoms with van der Waals surface area (Å²) in [4.78, 5) is 35.8. The molecule has 2 aliphatic rings. The van der Waals surface area contributed by atoms with Crippen LogP contribution in [0.25, 0.3) is 16.9 Å². The second-order valence-corrected chi connectivity index (χ2v) is 9.62. The number of nitrogens with zero attached hydrogens (tertiary/aromatic N) is 4. The van der Waals surface area contributed by atoms with Crippen molar-refractivity contribution in [3.05, 3.63) is 84.3 Å². The third-order valence-corrected chi connectivity index (χ3v) is 7.55. The van der Waals surface area contributed by atoms with Crippen LogP contribution in [0.3, 0.4) is 0 Å². The molecular formula is C28H28N6O2. The fourth-order valence-electron chi connectivity index (χ4n) is 5.40. The van der Waals surface area contributed by atoms with Crippen molar-refractivity contribution in [1.29, 1.82) is 0 Å². The predicted octanol–water partition coefficient (Wildman–Crippen LogP) is 3.43. The van der Waals surface area contributed by atoms with Crippen LogP contribution >= 0.6 is 0 Å². The van der Waals surface area contributed by atoms with Crippen LogP contribution in [0.5, 0.6) is 0 Å². The average molecular weight is 481 g/mol. The van der Waals surface area contributed by atoms with Gasteiger partial charge in [-0.25, -0.2) is 4.98 Å². The summed E-state index contributed by atoms with van der Waals surface area (Å²) in [5.74, 6) is 1.18. The summed E-state index contributed by atoms with van der Waals surface area (Å²) >= 11 is 0. The lowest BCUT2D eigenvalue weighted by Gasteiger charge is -2.38. The summed E-state index contributed by atoms with van der Waals surface area (Å²) in [5, 5.41) is 5.96. The predicted molar refractivity (Wildman–Crippen MR) is 138 cm³/mol. The molecule has 0 atom stereocenters. The van der Waals surface area contributed by atoms with E-state index in [1.807, 2.05) is 30.5 Å². The van der Waals surface area contributed by atoms with E-state index in [4.69, 9.17) is 0 Å². The number of piperidine rings is 1. The second-order valence-electron chi connectivity index (χ2n) is 9.62. The van der Waals surface area contributed by atoms with E-state index in [-0.39, 0.29) is 17.2 Å². The van der Waals surface area contributed by atoms with Gasteiger partial charge in [-0.1, -0.05) is 30.3 Å². The molecule has 2 saturated heterocycles. The number of nitrogens with one attached hydrogen (secondary N) is 2. The van der Waals surface area contributed by atoms with Gasteiger partial charge >= 0.3 is 0 Å². The Labute approximate surface area is 209 Å². The molecule has 8 nitrogen and oxygen atoms in total. The molecule has 0 aliphatic carbocycles. The minimum Gasteiger partial charge on any atom is -0.358 e. The Kier molecular flexibility index (Phi) is 5.64. The van der Waals surface area contributed by atoms with Gasteiger partial charge in [-0.15, -0.1) is 0 Å². The van der Waals surface area contributed by atoms with Crippen molar-refractivity contribution in [2.75, 3.05) is 24.5 Å². The topological polar surface area (TPSA) is 91.6 Å². The number of imidazole rings is 1. The lowest BCUT2D eigenvalue weighted by Crippen LogP contribution is -2.44. The molecule has 1 aromatic carbocycles. The van der Waals surface area contributed by atoms with Crippen LogP contribution in [0.1, 0.15) is 35.2 Å². The van der Waals surface area contributed by atoms with Crippen LogP contribution in [-0.2, 0) is 11.3 Å². The molecule has 0 saturated carbocycles. The van der Waals surface area contributed by atoms with Gasteiger partial charge in [0.25, 0.3) is 5.91 Å². The molecule has 2 N–H and O–H groups in total. The van der Waals surface area contributed by atoms with Gasteiger partial charge in [0, 0.05) is 44.1 Å². The van der Waals surface area contributed by atoms with Gasteiger partial charge in [0.2, 0.25) is 5.91 Å². The Morgan fingerprint density at radius 2 is 1.83 bits per heavy atom. The zero-order valence-electron chi connectivity index (χ0n) is 20.0. The fourth-order valence-corrected chi connectivity index (χ4v) is 5.40. The first kappa shape index (κ1) is 22.3. The molecule has 0 unspecified atom stereocenters. The van der Waals surface area contributed by atoms with Gasteiger partial charge in [0.15, 0.2) is 0 Å². The summed E-state index contributed by atoms with van der Waals surface area (Å²) in [6, 6.07) is 17.9. The maximum absolute atomic E-state index is 12.4. The number of pyridine rings is 2. The molecule has 182 valence electrons. The minimum atomic E-state index is -0.190. The number of hydrogen-bond donors (Lipinski definition) is 2. The first-order chi connectivity index (χ1) is 17.6. The number of anilines is 1. The highest BCUT2D eigenvalue weighted by Crippen LogP contribution is 2.39. The van der Waals surface area contributed by atoms with Crippen LogP contribution in [0.4, 0.5) is 5.82 Å². The van der Waals surface area contributed by atoms with Crippen molar-refractivity contribution in [2.45, 2.75) is 25.8 Å². The Hall–Kier alpha value is -4.20. The first-order valence-electron chi connectivity index (χ1n) is 12.4. The highest BCUT2D eigenvalue weighted by molar-refractivity contribution is 5.93. The summed E-state index contributed by atoms with van der Waals surface area (Å²) in [5.41, 5.74) is 4.34. The fraction of sp³-hybridized carbons (Fsp3) is 0.286. The minimum absolute atomic E-state index is 0.142. The molecule has 0 radical (unpaired) electrons. The number of amides is 2. The van der Waals surface area contributed by atoms with E-state index in [0.717, 1.165) is 67.2 Å². The number of fused-ring (bicyclic) bond motifs is 1. The molecule has 4 aromatic rings. The molecule has 0 bridgehead atoms. The Morgan fingerprint density at radius 3 is 2.56 bits per heavy atom. The number of hydrogen-bond acceptors (Lipinski definition) is 5. The van der Waals surface area contributed by atoms with Crippen LogP contribution in [0.15, 0.2) is 73.2 Å². The van der Waals surface area contributed by atoms with Crippen molar-refractivity contribution in [3.63, 3.8) is 0 Å². The monoisotopic (exact) mass is 480 g/mol. The van der Waals surface area contributed by atoms with Gasteiger partial charge in [-0.05, 0) is 49.1 Å². The van der Waals surface area contributed by atoms with Gasteiger partial charge in [-0.2, -0.15) is 0 Å². The Balaban J connectivity index is 1.21. The van der Waals surface area contributed by atoms with Crippen LogP contribution in [-0.4, -0.2) is 45.8 Å². The van der Waals surface area contributed by atoms with Crippen LogP contribution in [0, 0.1) is 5.41 Å². The molecule has 2 aliphatic heterocycles. The number of carbonyl (C=O) groups excluding carboxylic acids is 2. The van der Waals surface area contributed by atoms with Crippen LogP contribution in [0.2, 0.25) is 0 Å². The van der Waals surface area contributed by atoms with Crippen molar-refractivity contribution >= 4 is 23.3 Å². The number of benzene rings is 1. The third kappa shape index (κ3) is 3.98. The van der Waals surface area contributed by atoms with E-state index < -0.39 is 0 Å². The van der Waals surface area contributed by atoms with E-state index in [0.29, 0.717) is 12.1 Å². The van der Waals surface area contributed by atoms with E-state index >= 15 is 0 Å². The van der Waals surface area contributed by atoms with Gasteiger partial charge in [0.05, 0.1) is 22.9 Å². The van der Waals surface area contributed by atoms with E-state index in [2.05, 4.69) is 48.1 Å². The number of aromatic nitrogens is 3. The maximum atomic E-state index is 12.4. The highest BCUT2D eigenvalue weighted by atomic mass is 16.2. The molecule has 8 heteroatoms. The van der Waals surface area contributed by atoms with Crippen molar-refractivity contribution in [2.24, 2.45) is 5.41 Å². The highest BCUT2D eigenvalue weighted by Gasteiger charge is 2.44. The van der Waals surface area contributed by atoms with E-state index in [1.165, 1.54) is 0 Å². The summed E-state index contributed by atoms with van der Waals surface area (Å²) in [6.07, 6.45) is 7.81. The normalized spacial score (nSPS) is 16.9. The zero-order chi connectivity index (χ0) is 24.5. The van der Waals surface area contributed by atoms with Crippen LogP contribution < -0.4 is 15.5 Å². The van der Waals surface area contributed by atoms with E-state index in [9.17, 15) is 9.59 Å². The zero-order valence-corrected chi connectivity index (χ0v) is 20.0. The standard InChI is InChI=1S/C28H28N6O2/c35-26(22-3-2-13-29-18-22)32-17-20-6-8-21(9-7-20)23-19-31-24-4-1-5-25(34(23)24)33-15-11-28(12-16-33)10-14-30-27(28)36/h1-9,13,18-19H,10-12,14-17H2,(H,30,36)(H,32,35). The van der Waals surface area contributed by atoms with Gasteiger partial charge in [-0.3, -0.25) is 19.0 Å². The molecule has 2 fully saturated rings. The SMILES string of the molecule is O=C(NCc1ccc(-c2cnc3cccc(N4CCC5(CCNC5=O)CC4)n23)cc1)c1cccnc1. The smallest absolute Gasteiger partial charge is 0.253 e. The summed E-state index contributed by atoms with van der Waals surface area (Å²) < 4.78 is 2.20.